The molecule has 0 aliphatic carbocycles. The molecule has 2 aromatic carbocycles. The summed E-state index contributed by atoms with van der Waals surface area (Å²) in [6.45, 7) is 3.74. The lowest BCUT2D eigenvalue weighted by molar-refractivity contribution is 0.0520. The highest BCUT2D eigenvalue weighted by atomic mass is 19.1. The van der Waals surface area contributed by atoms with Gasteiger partial charge in [0.25, 0.3) is 0 Å². The first kappa shape index (κ1) is 15.0. The zero-order chi connectivity index (χ0) is 15.2. The van der Waals surface area contributed by atoms with Gasteiger partial charge in [0, 0.05) is 0 Å². The van der Waals surface area contributed by atoms with Crippen LogP contribution in [0.5, 0.6) is 5.75 Å². The van der Waals surface area contributed by atoms with E-state index in [1.807, 2.05) is 30.3 Å². The maximum atomic E-state index is 14.2. The largest absolute Gasteiger partial charge is 0.485 e. The SMILES string of the molecule is CCOC(=O)c1ccc(C)c(F)c1OCc1ccccc1. The molecule has 0 amide bonds. The number of rotatable bonds is 5. The summed E-state index contributed by atoms with van der Waals surface area (Å²) in [5.74, 6) is -1.17. The van der Waals surface area contributed by atoms with Crippen LogP contribution in [0.3, 0.4) is 0 Å². The molecule has 0 saturated heterocycles. The summed E-state index contributed by atoms with van der Waals surface area (Å²) in [6, 6.07) is 12.4. The van der Waals surface area contributed by atoms with Crippen LogP contribution in [0.15, 0.2) is 42.5 Å². The molecule has 0 saturated carbocycles. The van der Waals surface area contributed by atoms with Crippen LogP contribution in [0.25, 0.3) is 0 Å². The third-order valence-corrected chi connectivity index (χ3v) is 3.01. The maximum absolute atomic E-state index is 14.2. The summed E-state index contributed by atoms with van der Waals surface area (Å²) >= 11 is 0. The van der Waals surface area contributed by atoms with Gasteiger partial charge < -0.3 is 9.47 Å². The highest BCUT2D eigenvalue weighted by Crippen LogP contribution is 2.27. The number of ether oxygens (including phenoxy) is 2. The highest BCUT2D eigenvalue weighted by Gasteiger charge is 2.19. The van der Waals surface area contributed by atoms with E-state index < -0.39 is 11.8 Å². The van der Waals surface area contributed by atoms with E-state index in [4.69, 9.17) is 9.47 Å². The molecule has 0 fully saturated rings. The number of carbonyl (C=O) groups excluding carboxylic acids is 1. The summed E-state index contributed by atoms with van der Waals surface area (Å²) in [4.78, 5) is 11.9. The van der Waals surface area contributed by atoms with Crippen LogP contribution in [0, 0.1) is 12.7 Å². The molecule has 3 nitrogen and oxygen atoms in total. The van der Waals surface area contributed by atoms with Gasteiger partial charge in [-0.25, -0.2) is 9.18 Å². The molecule has 4 heteroatoms. The Morgan fingerprint density at radius 3 is 2.52 bits per heavy atom. The first-order chi connectivity index (χ1) is 10.1. The molecule has 0 spiro atoms. The standard InChI is InChI=1S/C17H17FO3/c1-3-20-17(19)14-10-9-12(2)15(18)16(14)21-11-13-7-5-4-6-8-13/h4-10H,3,11H2,1-2H3. The number of hydrogen-bond donors (Lipinski definition) is 0. The molecule has 0 atom stereocenters. The predicted octanol–water partition coefficient (Wildman–Crippen LogP) is 3.89. The van der Waals surface area contributed by atoms with E-state index in [-0.39, 0.29) is 24.5 Å². The lowest BCUT2D eigenvalue weighted by Gasteiger charge is -2.13. The summed E-state index contributed by atoms with van der Waals surface area (Å²) in [7, 11) is 0. The fourth-order valence-corrected chi connectivity index (χ4v) is 1.89. The average molecular weight is 288 g/mol. The molecule has 0 heterocycles. The summed E-state index contributed by atoms with van der Waals surface area (Å²) < 4.78 is 24.7. The van der Waals surface area contributed by atoms with Gasteiger partial charge in [0.05, 0.1) is 6.61 Å². The third-order valence-electron chi connectivity index (χ3n) is 3.01. The fraction of sp³-hybridized carbons (Fsp3) is 0.235. The van der Waals surface area contributed by atoms with E-state index in [0.717, 1.165) is 5.56 Å². The van der Waals surface area contributed by atoms with Crippen molar-refractivity contribution in [2.24, 2.45) is 0 Å². The Morgan fingerprint density at radius 1 is 1.14 bits per heavy atom. The Morgan fingerprint density at radius 2 is 1.86 bits per heavy atom. The van der Waals surface area contributed by atoms with E-state index in [0.29, 0.717) is 5.56 Å². The molecule has 2 rings (SSSR count). The zero-order valence-corrected chi connectivity index (χ0v) is 12.1. The molecule has 21 heavy (non-hydrogen) atoms. The molecule has 0 aromatic heterocycles. The van der Waals surface area contributed by atoms with Gasteiger partial charge in [-0.15, -0.1) is 0 Å². The van der Waals surface area contributed by atoms with Gasteiger partial charge >= 0.3 is 5.97 Å². The number of esters is 1. The van der Waals surface area contributed by atoms with Gasteiger partial charge in [-0.2, -0.15) is 0 Å². The Labute approximate surface area is 123 Å². The van der Waals surface area contributed by atoms with E-state index in [2.05, 4.69) is 0 Å². The summed E-state index contributed by atoms with van der Waals surface area (Å²) in [5, 5.41) is 0. The fourth-order valence-electron chi connectivity index (χ4n) is 1.89. The van der Waals surface area contributed by atoms with Crippen LogP contribution >= 0.6 is 0 Å². The number of aryl methyl sites for hydroxylation is 1. The van der Waals surface area contributed by atoms with Crippen molar-refractivity contribution in [1.29, 1.82) is 0 Å². The summed E-state index contributed by atoms with van der Waals surface area (Å²) in [5.41, 5.74) is 1.43. The molecule has 110 valence electrons. The normalized spacial score (nSPS) is 10.2. The van der Waals surface area contributed by atoms with Crippen LogP contribution in [0.1, 0.15) is 28.4 Å². The Kier molecular flexibility index (Phi) is 4.93. The second-order valence-electron chi connectivity index (χ2n) is 4.57. The van der Waals surface area contributed by atoms with Crippen molar-refractivity contribution in [3.05, 3.63) is 65.0 Å². The van der Waals surface area contributed by atoms with E-state index in [9.17, 15) is 9.18 Å². The van der Waals surface area contributed by atoms with Gasteiger partial charge in [-0.1, -0.05) is 36.4 Å². The first-order valence-corrected chi connectivity index (χ1v) is 6.76. The molecular weight excluding hydrogens is 271 g/mol. The number of benzene rings is 2. The number of carbonyl (C=O) groups is 1. The topological polar surface area (TPSA) is 35.5 Å². The Balaban J connectivity index is 2.27. The minimum atomic E-state index is -0.584. The minimum absolute atomic E-state index is 0.0581. The van der Waals surface area contributed by atoms with Crippen molar-refractivity contribution in [1.82, 2.24) is 0 Å². The second kappa shape index (κ2) is 6.88. The minimum Gasteiger partial charge on any atom is -0.485 e. The van der Waals surface area contributed by atoms with Crippen LogP contribution in [-0.2, 0) is 11.3 Å². The van der Waals surface area contributed by atoms with Crippen molar-refractivity contribution in [3.63, 3.8) is 0 Å². The molecule has 0 radical (unpaired) electrons. The van der Waals surface area contributed by atoms with Gasteiger partial charge in [-0.05, 0) is 31.0 Å². The Hall–Kier alpha value is -2.36. The van der Waals surface area contributed by atoms with Crippen LogP contribution in [0.2, 0.25) is 0 Å². The third kappa shape index (κ3) is 3.60. The van der Waals surface area contributed by atoms with Gasteiger partial charge in [0.15, 0.2) is 11.6 Å². The lowest BCUT2D eigenvalue weighted by Crippen LogP contribution is -2.10. The maximum Gasteiger partial charge on any atom is 0.342 e. The van der Waals surface area contributed by atoms with E-state index in [1.165, 1.54) is 12.1 Å². The van der Waals surface area contributed by atoms with E-state index in [1.54, 1.807) is 13.8 Å². The van der Waals surface area contributed by atoms with Crippen LogP contribution < -0.4 is 4.74 Å². The van der Waals surface area contributed by atoms with Crippen molar-refractivity contribution >= 4 is 5.97 Å². The van der Waals surface area contributed by atoms with Crippen molar-refractivity contribution in [3.8, 4) is 5.75 Å². The van der Waals surface area contributed by atoms with Crippen LogP contribution in [0.4, 0.5) is 4.39 Å². The van der Waals surface area contributed by atoms with Gasteiger partial charge in [0.1, 0.15) is 12.2 Å². The number of hydrogen-bond acceptors (Lipinski definition) is 3. The summed E-state index contributed by atoms with van der Waals surface area (Å²) in [6.07, 6.45) is 0. The second-order valence-corrected chi connectivity index (χ2v) is 4.57. The van der Waals surface area contributed by atoms with Gasteiger partial charge in [0.2, 0.25) is 0 Å². The first-order valence-electron chi connectivity index (χ1n) is 6.76. The molecule has 0 aliphatic heterocycles. The quantitative estimate of drug-likeness (QED) is 0.783. The zero-order valence-electron chi connectivity index (χ0n) is 12.1. The number of halogens is 1. The average Bonchev–Trinajstić information content (AvgIpc) is 2.50. The van der Waals surface area contributed by atoms with E-state index >= 15 is 0 Å². The highest BCUT2D eigenvalue weighted by molar-refractivity contribution is 5.92. The predicted molar refractivity (Wildman–Crippen MR) is 77.9 cm³/mol. The molecule has 2 aromatic rings. The van der Waals surface area contributed by atoms with Crippen LogP contribution in [-0.4, -0.2) is 12.6 Å². The molecule has 0 N–H and O–H groups in total. The lowest BCUT2D eigenvalue weighted by atomic mass is 10.1. The van der Waals surface area contributed by atoms with Gasteiger partial charge in [-0.3, -0.25) is 0 Å². The monoisotopic (exact) mass is 288 g/mol. The molecular formula is C17H17FO3. The molecule has 0 unspecified atom stereocenters. The molecule has 0 aliphatic rings. The van der Waals surface area contributed by atoms with Crippen molar-refractivity contribution in [2.75, 3.05) is 6.61 Å². The smallest absolute Gasteiger partial charge is 0.342 e. The Bertz CT molecular complexity index is 623. The molecule has 0 bridgehead atoms. The van der Waals surface area contributed by atoms with Crippen molar-refractivity contribution < 1.29 is 18.7 Å². The van der Waals surface area contributed by atoms with Crippen molar-refractivity contribution in [2.45, 2.75) is 20.5 Å².